The van der Waals surface area contributed by atoms with E-state index in [1.807, 2.05) is 0 Å². The number of alkyl halides is 2. The molecule has 0 aliphatic rings. The van der Waals surface area contributed by atoms with Gasteiger partial charge in [0.25, 0.3) is 5.92 Å². The van der Waals surface area contributed by atoms with Gasteiger partial charge in [-0.25, -0.2) is 8.78 Å². The highest BCUT2D eigenvalue weighted by Gasteiger charge is 2.36. The van der Waals surface area contributed by atoms with Crippen molar-refractivity contribution in [2.24, 2.45) is 0 Å². The first kappa shape index (κ1) is 8.78. The van der Waals surface area contributed by atoms with Crippen molar-refractivity contribution in [3.63, 3.8) is 0 Å². The minimum Gasteiger partial charge on any atom is -0.363 e. The van der Waals surface area contributed by atoms with Crippen molar-refractivity contribution in [3.8, 4) is 0 Å². The fraction of sp³-hybridized carbons (Fsp3) is 1.00. The molecule has 0 radical (unpaired) electrons. The monoisotopic (exact) mass is 140 g/mol. The molecule has 0 rings (SSSR count). The Morgan fingerprint density at radius 1 is 1.67 bits per heavy atom. The van der Waals surface area contributed by atoms with Crippen LogP contribution in [-0.2, 0) is 4.74 Å². The van der Waals surface area contributed by atoms with Crippen LogP contribution in [0.4, 0.5) is 8.78 Å². The standard InChI is InChI=1S/C5H10F2O2/c1-3-5(6,7)4(8)9-2/h4,8H,3H2,1-2H3. The fourth-order valence-electron chi connectivity index (χ4n) is 0.347. The van der Waals surface area contributed by atoms with Crippen LogP contribution in [0.3, 0.4) is 0 Å². The topological polar surface area (TPSA) is 29.5 Å². The summed E-state index contributed by atoms with van der Waals surface area (Å²) in [7, 11) is 1.04. The van der Waals surface area contributed by atoms with Crippen molar-refractivity contribution >= 4 is 0 Å². The second kappa shape index (κ2) is 3.08. The Balaban J connectivity index is 3.80. The summed E-state index contributed by atoms with van der Waals surface area (Å²) in [6.45, 7) is 1.28. The van der Waals surface area contributed by atoms with Crippen LogP contribution < -0.4 is 0 Å². The van der Waals surface area contributed by atoms with Gasteiger partial charge in [-0.15, -0.1) is 0 Å². The zero-order chi connectivity index (χ0) is 7.49. The lowest BCUT2D eigenvalue weighted by molar-refractivity contribution is -0.223. The summed E-state index contributed by atoms with van der Waals surface area (Å²) in [6.07, 6.45) is -2.38. The lowest BCUT2D eigenvalue weighted by Crippen LogP contribution is -2.33. The smallest absolute Gasteiger partial charge is 0.297 e. The Bertz CT molecular complexity index is 85.0. The van der Waals surface area contributed by atoms with Gasteiger partial charge >= 0.3 is 0 Å². The van der Waals surface area contributed by atoms with Gasteiger partial charge in [-0.2, -0.15) is 0 Å². The molecule has 0 amide bonds. The molecule has 0 spiro atoms. The summed E-state index contributed by atoms with van der Waals surface area (Å²) in [6, 6.07) is 0. The summed E-state index contributed by atoms with van der Waals surface area (Å²) in [4.78, 5) is 0. The predicted molar refractivity (Wildman–Crippen MR) is 28.3 cm³/mol. The maximum Gasteiger partial charge on any atom is 0.297 e. The highest BCUT2D eigenvalue weighted by molar-refractivity contribution is 4.65. The minimum atomic E-state index is -3.12. The molecule has 0 fully saturated rings. The quantitative estimate of drug-likeness (QED) is 0.592. The molecule has 0 heterocycles. The maximum atomic E-state index is 12.2. The number of aliphatic hydroxyl groups is 1. The number of hydrogen-bond donors (Lipinski definition) is 1. The van der Waals surface area contributed by atoms with Crippen LogP contribution in [0.5, 0.6) is 0 Å². The third-order valence-corrected chi connectivity index (χ3v) is 1.06. The summed E-state index contributed by atoms with van der Waals surface area (Å²) < 4.78 is 28.4. The molecule has 0 aromatic carbocycles. The Hall–Kier alpha value is -0.220. The zero-order valence-corrected chi connectivity index (χ0v) is 5.40. The number of rotatable bonds is 3. The number of halogens is 2. The van der Waals surface area contributed by atoms with Crippen LogP contribution in [0.25, 0.3) is 0 Å². The lowest BCUT2D eigenvalue weighted by atomic mass is 10.2. The molecule has 0 aliphatic heterocycles. The van der Waals surface area contributed by atoms with Crippen LogP contribution in [0.2, 0.25) is 0 Å². The molecule has 1 N–H and O–H groups in total. The van der Waals surface area contributed by atoms with Gasteiger partial charge in [0.2, 0.25) is 6.29 Å². The van der Waals surface area contributed by atoms with E-state index in [1.165, 1.54) is 6.92 Å². The normalized spacial score (nSPS) is 15.7. The molecule has 9 heavy (non-hydrogen) atoms. The first-order valence-corrected chi connectivity index (χ1v) is 2.63. The van der Waals surface area contributed by atoms with E-state index < -0.39 is 18.6 Å². The van der Waals surface area contributed by atoms with E-state index in [0.717, 1.165) is 7.11 Å². The predicted octanol–water partition coefficient (Wildman–Crippen LogP) is 0.997. The van der Waals surface area contributed by atoms with Crippen LogP contribution in [0, 0.1) is 0 Å². The Kier molecular flexibility index (Phi) is 3.00. The van der Waals surface area contributed by atoms with E-state index >= 15 is 0 Å². The first-order valence-electron chi connectivity index (χ1n) is 2.63. The van der Waals surface area contributed by atoms with Crippen molar-refractivity contribution in [1.82, 2.24) is 0 Å². The van der Waals surface area contributed by atoms with E-state index in [0.29, 0.717) is 0 Å². The van der Waals surface area contributed by atoms with Gasteiger partial charge < -0.3 is 9.84 Å². The molecule has 0 saturated heterocycles. The first-order chi connectivity index (χ1) is 4.04. The molecule has 0 bridgehead atoms. The molecular weight excluding hydrogens is 130 g/mol. The number of methoxy groups -OCH3 is 1. The van der Waals surface area contributed by atoms with E-state index in [9.17, 15) is 8.78 Å². The van der Waals surface area contributed by atoms with Crippen LogP contribution in [-0.4, -0.2) is 24.4 Å². The lowest BCUT2D eigenvalue weighted by Gasteiger charge is -2.18. The van der Waals surface area contributed by atoms with Crippen molar-refractivity contribution in [3.05, 3.63) is 0 Å². The van der Waals surface area contributed by atoms with Crippen molar-refractivity contribution < 1.29 is 18.6 Å². The highest BCUT2D eigenvalue weighted by Crippen LogP contribution is 2.22. The summed E-state index contributed by atoms with van der Waals surface area (Å²) in [5.41, 5.74) is 0. The van der Waals surface area contributed by atoms with Gasteiger partial charge in [0.1, 0.15) is 0 Å². The Morgan fingerprint density at radius 2 is 2.11 bits per heavy atom. The molecule has 0 saturated carbocycles. The van der Waals surface area contributed by atoms with Crippen LogP contribution in [0.1, 0.15) is 13.3 Å². The third-order valence-electron chi connectivity index (χ3n) is 1.06. The van der Waals surface area contributed by atoms with Gasteiger partial charge in [-0.1, -0.05) is 6.92 Å². The molecule has 4 heteroatoms. The molecular formula is C5H10F2O2. The molecule has 1 unspecified atom stereocenters. The van der Waals surface area contributed by atoms with Gasteiger partial charge in [-0.05, 0) is 0 Å². The average molecular weight is 140 g/mol. The van der Waals surface area contributed by atoms with Gasteiger partial charge in [0.15, 0.2) is 0 Å². The Labute approximate surface area is 52.4 Å². The van der Waals surface area contributed by atoms with E-state index in [-0.39, 0.29) is 0 Å². The maximum absolute atomic E-state index is 12.2. The fourth-order valence-corrected chi connectivity index (χ4v) is 0.347. The SMILES string of the molecule is CCC(F)(F)C(O)OC. The number of ether oxygens (including phenoxy) is 1. The molecule has 2 nitrogen and oxygen atoms in total. The van der Waals surface area contributed by atoms with Crippen molar-refractivity contribution in [1.29, 1.82) is 0 Å². The van der Waals surface area contributed by atoms with Crippen molar-refractivity contribution in [2.45, 2.75) is 25.6 Å². The second-order valence-electron chi connectivity index (χ2n) is 1.70. The zero-order valence-electron chi connectivity index (χ0n) is 5.40. The number of aliphatic hydroxyl groups excluding tert-OH is 1. The summed E-state index contributed by atoms with van der Waals surface area (Å²) >= 11 is 0. The van der Waals surface area contributed by atoms with E-state index in [1.54, 1.807) is 0 Å². The van der Waals surface area contributed by atoms with Crippen LogP contribution >= 0.6 is 0 Å². The summed E-state index contributed by atoms with van der Waals surface area (Å²) in [5, 5.41) is 8.41. The van der Waals surface area contributed by atoms with Gasteiger partial charge in [-0.3, -0.25) is 0 Å². The minimum absolute atomic E-state index is 0.415. The van der Waals surface area contributed by atoms with Gasteiger partial charge in [0, 0.05) is 13.5 Å². The second-order valence-corrected chi connectivity index (χ2v) is 1.70. The number of hydrogen-bond acceptors (Lipinski definition) is 2. The van der Waals surface area contributed by atoms with E-state index in [4.69, 9.17) is 5.11 Å². The molecule has 1 atom stereocenters. The van der Waals surface area contributed by atoms with Crippen molar-refractivity contribution in [2.75, 3.05) is 7.11 Å². The largest absolute Gasteiger partial charge is 0.363 e. The third kappa shape index (κ3) is 2.24. The molecule has 0 aliphatic carbocycles. The average Bonchev–Trinajstić information content (AvgIpc) is 1.86. The Morgan fingerprint density at radius 3 is 2.22 bits per heavy atom. The molecule has 0 aromatic rings. The highest BCUT2D eigenvalue weighted by atomic mass is 19.3. The van der Waals surface area contributed by atoms with Crippen LogP contribution in [0.15, 0.2) is 0 Å². The molecule has 0 aromatic heterocycles. The summed E-state index contributed by atoms with van der Waals surface area (Å²) in [5.74, 6) is -3.12. The molecule has 56 valence electrons. The van der Waals surface area contributed by atoms with E-state index in [2.05, 4.69) is 4.74 Å². The van der Waals surface area contributed by atoms with Gasteiger partial charge in [0.05, 0.1) is 0 Å².